The summed E-state index contributed by atoms with van der Waals surface area (Å²) in [5.74, 6) is -0.814. The van der Waals surface area contributed by atoms with Crippen LogP contribution in [-0.4, -0.2) is 78.9 Å². The molecule has 0 aliphatic carbocycles. The summed E-state index contributed by atoms with van der Waals surface area (Å²) in [6.45, 7) is 5.77. The van der Waals surface area contributed by atoms with Gasteiger partial charge in [-0.1, -0.05) is 30.3 Å². The smallest absolute Gasteiger partial charge is 0.311 e. The van der Waals surface area contributed by atoms with Crippen LogP contribution >= 0.6 is 0 Å². The number of nitrogens with one attached hydrogen (secondary N) is 1. The van der Waals surface area contributed by atoms with E-state index in [2.05, 4.69) is 39.4 Å². The molecular formula is C19H28N4O2. The van der Waals surface area contributed by atoms with E-state index in [1.54, 1.807) is 4.90 Å². The fourth-order valence-corrected chi connectivity index (χ4v) is 3.48. The van der Waals surface area contributed by atoms with E-state index >= 15 is 0 Å². The topological polar surface area (TPSA) is 55.9 Å². The summed E-state index contributed by atoms with van der Waals surface area (Å²) in [5.41, 5.74) is 1.32. The largest absolute Gasteiger partial charge is 0.345 e. The van der Waals surface area contributed by atoms with Gasteiger partial charge in [-0.15, -0.1) is 0 Å². The number of amides is 2. The first-order valence-corrected chi connectivity index (χ1v) is 9.16. The van der Waals surface area contributed by atoms with Gasteiger partial charge in [0.15, 0.2) is 0 Å². The van der Waals surface area contributed by atoms with Gasteiger partial charge in [-0.3, -0.25) is 14.5 Å². The number of nitrogens with zero attached hydrogens (tertiary/aromatic N) is 3. The summed E-state index contributed by atoms with van der Waals surface area (Å²) < 4.78 is 0. The van der Waals surface area contributed by atoms with Crippen molar-refractivity contribution in [1.29, 1.82) is 0 Å². The molecule has 0 unspecified atom stereocenters. The van der Waals surface area contributed by atoms with Crippen LogP contribution in [0.1, 0.15) is 18.4 Å². The van der Waals surface area contributed by atoms with Crippen molar-refractivity contribution in [3.8, 4) is 0 Å². The molecule has 2 heterocycles. The van der Waals surface area contributed by atoms with Crippen molar-refractivity contribution in [3.63, 3.8) is 0 Å². The van der Waals surface area contributed by atoms with Crippen LogP contribution in [0.5, 0.6) is 0 Å². The second-order valence-electron chi connectivity index (χ2n) is 7.10. The molecule has 2 amide bonds. The highest BCUT2D eigenvalue weighted by Crippen LogP contribution is 2.14. The molecule has 1 N–H and O–H groups in total. The van der Waals surface area contributed by atoms with Crippen molar-refractivity contribution >= 4 is 11.8 Å². The normalized spacial score (nSPS) is 20.4. The molecule has 1 aromatic carbocycles. The molecule has 0 radical (unpaired) electrons. The van der Waals surface area contributed by atoms with Gasteiger partial charge in [-0.2, -0.15) is 0 Å². The SMILES string of the molecule is CN1CCN(C(=O)C(=O)NC2CCN(Cc3ccccc3)CC2)CC1. The lowest BCUT2D eigenvalue weighted by Gasteiger charge is -2.34. The first-order valence-electron chi connectivity index (χ1n) is 9.16. The number of rotatable bonds is 3. The predicted octanol–water partition coefficient (Wildman–Crippen LogP) is 0.541. The van der Waals surface area contributed by atoms with Gasteiger partial charge in [0.2, 0.25) is 0 Å². The van der Waals surface area contributed by atoms with Crippen LogP contribution in [0.4, 0.5) is 0 Å². The van der Waals surface area contributed by atoms with Crippen molar-refractivity contribution in [2.45, 2.75) is 25.4 Å². The quantitative estimate of drug-likeness (QED) is 0.814. The first-order chi connectivity index (χ1) is 12.1. The number of carbonyl (C=O) groups is 2. The van der Waals surface area contributed by atoms with E-state index in [9.17, 15) is 9.59 Å². The van der Waals surface area contributed by atoms with Crippen molar-refractivity contribution in [3.05, 3.63) is 35.9 Å². The van der Waals surface area contributed by atoms with E-state index < -0.39 is 5.91 Å². The van der Waals surface area contributed by atoms with Gasteiger partial charge in [-0.05, 0) is 25.5 Å². The Labute approximate surface area is 149 Å². The van der Waals surface area contributed by atoms with Gasteiger partial charge < -0.3 is 15.1 Å². The minimum Gasteiger partial charge on any atom is -0.345 e. The van der Waals surface area contributed by atoms with Crippen LogP contribution in [0, 0.1) is 0 Å². The monoisotopic (exact) mass is 344 g/mol. The predicted molar refractivity (Wildman–Crippen MR) is 97.0 cm³/mol. The minimum atomic E-state index is -0.439. The lowest BCUT2D eigenvalue weighted by atomic mass is 10.0. The zero-order valence-electron chi connectivity index (χ0n) is 15.0. The zero-order valence-corrected chi connectivity index (χ0v) is 15.0. The average molecular weight is 344 g/mol. The van der Waals surface area contributed by atoms with E-state index in [4.69, 9.17) is 0 Å². The van der Waals surface area contributed by atoms with Gasteiger partial charge in [0.05, 0.1) is 0 Å². The van der Waals surface area contributed by atoms with Crippen molar-refractivity contribution in [1.82, 2.24) is 20.0 Å². The van der Waals surface area contributed by atoms with Crippen LogP contribution < -0.4 is 5.32 Å². The fourth-order valence-electron chi connectivity index (χ4n) is 3.48. The number of benzene rings is 1. The molecule has 0 saturated carbocycles. The fraction of sp³-hybridized carbons (Fsp3) is 0.579. The molecule has 0 atom stereocenters. The number of likely N-dealkylation sites (tertiary alicyclic amines) is 1. The number of carbonyl (C=O) groups excluding carboxylic acids is 2. The Kier molecular flexibility index (Phi) is 6.04. The Hall–Kier alpha value is -1.92. The van der Waals surface area contributed by atoms with E-state index in [-0.39, 0.29) is 11.9 Å². The maximum atomic E-state index is 12.3. The Bertz CT molecular complexity index is 576. The molecule has 0 aromatic heterocycles. The van der Waals surface area contributed by atoms with E-state index in [0.717, 1.165) is 45.6 Å². The van der Waals surface area contributed by atoms with E-state index in [1.165, 1.54) is 5.56 Å². The Balaban J connectivity index is 1.41. The van der Waals surface area contributed by atoms with Crippen LogP contribution in [0.2, 0.25) is 0 Å². The van der Waals surface area contributed by atoms with Gasteiger partial charge >= 0.3 is 11.8 Å². The Morgan fingerprint density at radius 2 is 1.64 bits per heavy atom. The zero-order chi connectivity index (χ0) is 17.6. The molecule has 2 fully saturated rings. The molecule has 2 aliphatic rings. The highest BCUT2D eigenvalue weighted by Gasteiger charge is 2.28. The average Bonchev–Trinajstić information content (AvgIpc) is 2.64. The lowest BCUT2D eigenvalue weighted by Crippen LogP contribution is -2.54. The summed E-state index contributed by atoms with van der Waals surface area (Å²) in [7, 11) is 2.03. The summed E-state index contributed by atoms with van der Waals surface area (Å²) in [5, 5.41) is 2.94. The molecule has 6 heteroatoms. The summed E-state index contributed by atoms with van der Waals surface area (Å²) in [6, 6.07) is 10.5. The molecule has 0 spiro atoms. The molecule has 0 bridgehead atoms. The molecule has 2 saturated heterocycles. The van der Waals surface area contributed by atoms with Gasteiger partial charge in [0.1, 0.15) is 0 Å². The molecule has 25 heavy (non-hydrogen) atoms. The standard InChI is InChI=1S/C19H28N4O2/c1-21-11-13-23(14-12-21)19(25)18(24)20-17-7-9-22(10-8-17)15-16-5-3-2-4-6-16/h2-6,17H,7-15H2,1H3,(H,20,24). The molecule has 2 aliphatic heterocycles. The van der Waals surface area contributed by atoms with E-state index in [1.807, 2.05) is 13.1 Å². The second kappa shape index (κ2) is 8.45. The highest BCUT2D eigenvalue weighted by atomic mass is 16.2. The highest BCUT2D eigenvalue weighted by molar-refractivity contribution is 6.35. The number of piperidine rings is 1. The maximum Gasteiger partial charge on any atom is 0.311 e. The van der Waals surface area contributed by atoms with Gasteiger partial charge in [-0.25, -0.2) is 0 Å². The number of hydrogen-bond acceptors (Lipinski definition) is 4. The Morgan fingerprint density at radius 3 is 2.28 bits per heavy atom. The molecule has 3 rings (SSSR count). The molecule has 1 aromatic rings. The molecular weight excluding hydrogens is 316 g/mol. The maximum absolute atomic E-state index is 12.3. The second-order valence-corrected chi connectivity index (χ2v) is 7.10. The molecule has 6 nitrogen and oxygen atoms in total. The number of piperazine rings is 1. The van der Waals surface area contributed by atoms with Crippen LogP contribution in [0.3, 0.4) is 0 Å². The van der Waals surface area contributed by atoms with Crippen LogP contribution in [0.15, 0.2) is 30.3 Å². The minimum absolute atomic E-state index is 0.107. The number of likely N-dealkylation sites (N-methyl/N-ethyl adjacent to an activating group) is 1. The van der Waals surface area contributed by atoms with Gasteiger partial charge in [0.25, 0.3) is 0 Å². The van der Waals surface area contributed by atoms with Crippen molar-refractivity contribution in [2.75, 3.05) is 46.3 Å². The summed E-state index contributed by atoms with van der Waals surface area (Å²) >= 11 is 0. The lowest BCUT2D eigenvalue weighted by molar-refractivity contribution is -0.147. The third-order valence-electron chi connectivity index (χ3n) is 5.16. The third-order valence-corrected chi connectivity index (χ3v) is 5.16. The Morgan fingerprint density at radius 1 is 1.00 bits per heavy atom. The molecule has 136 valence electrons. The summed E-state index contributed by atoms with van der Waals surface area (Å²) in [6.07, 6.45) is 1.79. The summed E-state index contributed by atoms with van der Waals surface area (Å²) in [4.78, 5) is 30.7. The van der Waals surface area contributed by atoms with Gasteiger partial charge in [0, 0.05) is 51.9 Å². The third kappa shape index (κ3) is 5.03. The van der Waals surface area contributed by atoms with E-state index in [0.29, 0.717) is 13.1 Å². The van der Waals surface area contributed by atoms with Crippen molar-refractivity contribution in [2.24, 2.45) is 0 Å². The first kappa shape index (κ1) is 17.9. The van der Waals surface area contributed by atoms with Crippen LogP contribution in [0.25, 0.3) is 0 Å². The van der Waals surface area contributed by atoms with Crippen LogP contribution in [-0.2, 0) is 16.1 Å². The van der Waals surface area contributed by atoms with Crippen molar-refractivity contribution < 1.29 is 9.59 Å². The number of hydrogen-bond donors (Lipinski definition) is 1.